The van der Waals surface area contributed by atoms with Crippen molar-refractivity contribution in [2.45, 2.75) is 68.8 Å². The van der Waals surface area contributed by atoms with Crippen molar-refractivity contribution in [3.63, 3.8) is 0 Å². The highest BCUT2D eigenvalue weighted by molar-refractivity contribution is 7.92. The van der Waals surface area contributed by atoms with E-state index in [9.17, 15) is 13.2 Å². The number of carbonyl (C=O) groups is 1. The van der Waals surface area contributed by atoms with Gasteiger partial charge in [-0.05, 0) is 56.0 Å². The summed E-state index contributed by atoms with van der Waals surface area (Å²) in [5.74, 6) is -0.103. The van der Waals surface area contributed by atoms with Gasteiger partial charge in [0, 0.05) is 24.7 Å². The second-order valence-corrected chi connectivity index (χ2v) is 10.4. The summed E-state index contributed by atoms with van der Waals surface area (Å²) in [6.45, 7) is 1.92. The van der Waals surface area contributed by atoms with Crippen molar-refractivity contribution in [1.29, 1.82) is 0 Å². The molecule has 0 spiro atoms. The van der Waals surface area contributed by atoms with Gasteiger partial charge in [-0.25, -0.2) is 8.42 Å². The van der Waals surface area contributed by atoms with Crippen LogP contribution in [0.25, 0.3) is 0 Å². The quantitative estimate of drug-likeness (QED) is 0.670. The van der Waals surface area contributed by atoms with E-state index in [1.165, 1.54) is 17.1 Å². The number of hydrogen-bond donors (Lipinski definition) is 0. The average molecular weight is 427 g/mol. The number of fused-ring (bicyclic) bond motifs is 1. The Hall–Kier alpha value is -2.34. The van der Waals surface area contributed by atoms with Crippen molar-refractivity contribution in [1.82, 2.24) is 4.90 Å². The third-order valence-corrected chi connectivity index (χ3v) is 8.40. The Balaban J connectivity index is 1.62. The lowest BCUT2D eigenvalue weighted by molar-refractivity contribution is 0.0717. The summed E-state index contributed by atoms with van der Waals surface area (Å²) in [6, 6.07) is 14.2. The van der Waals surface area contributed by atoms with Gasteiger partial charge in [0.15, 0.2) is 0 Å². The van der Waals surface area contributed by atoms with Gasteiger partial charge in [-0.3, -0.25) is 9.10 Å². The topological polar surface area (TPSA) is 57.7 Å². The first-order chi connectivity index (χ1) is 14.4. The molecule has 1 saturated carbocycles. The monoisotopic (exact) mass is 426 g/mol. The van der Waals surface area contributed by atoms with Gasteiger partial charge in [0.1, 0.15) is 0 Å². The summed E-state index contributed by atoms with van der Waals surface area (Å²) in [6.07, 6.45) is 7.46. The molecule has 1 fully saturated rings. The van der Waals surface area contributed by atoms with Crippen molar-refractivity contribution in [2.24, 2.45) is 0 Å². The molecule has 1 aliphatic heterocycles. The molecule has 2 aliphatic rings. The zero-order valence-corrected chi connectivity index (χ0v) is 18.6. The summed E-state index contributed by atoms with van der Waals surface area (Å²) in [4.78, 5) is 15.1. The van der Waals surface area contributed by atoms with Gasteiger partial charge in [-0.2, -0.15) is 0 Å². The first kappa shape index (κ1) is 20.9. The Bertz CT molecular complexity index is 1030. The SMILES string of the molecule is CC1Cc2ccccc2N1S(=O)(=O)c1cccc(C(=O)N(C)C2CCCCCC2)c1. The minimum absolute atomic E-state index is 0.103. The highest BCUT2D eigenvalue weighted by atomic mass is 32.2. The predicted molar refractivity (Wildman–Crippen MR) is 119 cm³/mol. The molecule has 0 N–H and O–H groups in total. The third-order valence-electron chi connectivity index (χ3n) is 6.48. The molecule has 0 saturated heterocycles. The molecular formula is C24H30N2O3S. The van der Waals surface area contributed by atoms with Gasteiger partial charge >= 0.3 is 0 Å². The van der Waals surface area contributed by atoms with Crippen LogP contribution < -0.4 is 4.31 Å². The number of sulfonamides is 1. The van der Waals surface area contributed by atoms with Crippen LogP contribution in [0, 0.1) is 0 Å². The lowest BCUT2D eigenvalue weighted by Gasteiger charge is -2.28. The first-order valence-corrected chi connectivity index (χ1v) is 12.3. The average Bonchev–Trinajstić information content (AvgIpc) is 2.91. The predicted octanol–water partition coefficient (Wildman–Crippen LogP) is 4.62. The maximum atomic E-state index is 13.5. The molecule has 30 heavy (non-hydrogen) atoms. The van der Waals surface area contributed by atoms with Crippen LogP contribution in [-0.4, -0.2) is 38.4 Å². The van der Waals surface area contributed by atoms with Crippen molar-refractivity contribution in [2.75, 3.05) is 11.4 Å². The zero-order valence-electron chi connectivity index (χ0n) is 17.8. The Kier molecular flexibility index (Phi) is 5.87. The standard InChI is InChI=1S/C24H30N2O3S/c1-18-16-19-10-7-8-15-23(19)26(18)30(28,29)22-14-9-11-20(17-22)24(27)25(2)21-12-5-3-4-6-13-21/h7-11,14-15,17-18,21H,3-6,12-13,16H2,1-2H3. The molecular weight excluding hydrogens is 396 g/mol. The molecule has 2 aromatic rings. The molecule has 5 nitrogen and oxygen atoms in total. The van der Waals surface area contributed by atoms with Crippen LogP contribution in [0.1, 0.15) is 61.4 Å². The number of rotatable bonds is 4. The second kappa shape index (κ2) is 8.42. The van der Waals surface area contributed by atoms with E-state index in [1.54, 1.807) is 24.3 Å². The number of carbonyl (C=O) groups excluding carboxylic acids is 1. The molecule has 1 amide bonds. The van der Waals surface area contributed by atoms with Crippen LogP contribution in [0.15, 0.2) is 53.4 Å². The third kappa shape index (κ3) is 3.85. The van der Waals surface area contributed by atoms with Crippen LogP contribution in [0.4, 0.5) is 5.69 Å². The molecule has 6 heteroatoms. The fourth-order valence-corrected chi connectivity index (χ4v) is 6.56. The van der Waals surface area contributed by atoms with Gasteiger partial charge in [-0.1, -0.05) is 49.9 Å². The molecule has 160 valence electrons. The van der Waals surface area contributed by atoms with E-state index in [0.29, 0.717) is 12.0 Å². The van der Waals surface area contributed by atoms with Gasteiger partial charge in [0.05, 0.1) is 10.6 Å². The van der Waals surface area contributed by atoms with Crippen molar-refractivity contribution in [3.05, 3.63) is 59.7 Å². The summed E-state index contributed by atoms with van der Waals surface area (Å²) in [5.41, 5.74) is 2.20. The van der Waals surface area contributed by atoms with E-state index in [2.05, 4.69) is 0 Å². The van der Waals surface area contributed by atoms with E-state index in [1.807, 2.05) is 43.1 Å². The Morgan fingerprint density at radius 1 is 1.00 bits per heavy atom. The molecule has 4 rings (SSSR count). The Morgan fingerprint density at radius 3 is 2.43 bits per heavy atom. The van der Waals surface area contributed by atoms with Gasteiger partial charge < -0.3 is 4.90 Å². The van der Waals surface area contributed by atoms with Crippen LogP contribution in [0.3, 0.4) is 0 Å². The Labute approximate surface area is 179 Å². The normalized spacial score (nSPS) is 19.9. The molecule has 0 bridgehead atoms. The smallest absolute Gasteiger partial charge is 0.264 e. The molecule has 1 unspecified atom stereocenters. The molecule has 0 aromatic heterocycles. The van der Waals surface area contributed by atoms with Crippen LogP contribution in [0.5, 0.6) is 0 Å². The second-order valence-electron chi connectivity index (χ2n) is 8.57. The lowest BCUT2D eigenvalue weighted by atomic mass is 10.1. The number of benzene rings is 2. The molecule has 0 radical (unpaired) electrons. The van der Waals surface area contributed by atoms with Crippen molar-refractivity contribution >= 4 is 21.6 Å². The molecule has 1 aliphatic carbocycles. The van der Waals surface area contributed by atoms with Gasteiger partial charge in [0.25, 0.3) is 15.9 Å². The highest BCUT2D eigenvalue weighted by Gasteiger charge is 2.36. The van der Waals surface area contributed by atoms with E-state index in [-0.39, 0.29) is 22.9 Å². The van der Waals surface area contributed by atoms with E-state index in [0.717, 1.165) is 36.9 Å². The molecule has 1 heterocycles. The molecule has 1 atom stereocenters. The fraction of sp³-hybridized carbons (Fsp3) is 0.458. The maximum absolute atomic E-state index is 13.5. The van der Waals surface area contributed by atoms with E-state index >= 15 is 0 Å². The highest BCUT2D eigenvalue weighted by Crippen LogP contribution is 2.36. The number of para-hydroxylation sites is 1. The fourth-order valence-electron chi connectivity index (χ4n) is 4.82. The van der Waals surface area contributed by atoms with E-state index < -0.39 is 10.0 Å². The van der Waals surface area contributed by atoms with Crippen LogP contribution in [0.2, 0.25) is 0 Å². The maximum Gasteiger partial charge on any atom is 0.264 e. The zero-order chi connectivity index (χ0) is 21.3. The van der Waals surface area contributed by atoms with Crippen molar-refractivity contribution < 1.29 is 13.2 Å². The summed E-state index contributed by atoms with van der Waals surface area (Å²) in [7, 11) is -1.91. The summed E-state index contributed by atoms with van der Waals surface area (Å²) < 4.78 is 28.5. The first-order valence-electron chi connectivity index (χ1n) is 10.9. The van der Waals surface area contributed by atoms with Crippen LogP contribution in [-0.2, 0) is 16.4 Å². The summed E-state index contributed by atoms with van der Waals surface area (Å²) in [5, 5.41) is 0. The Morgan fingerprint density at radius 2 is 1.70 bits per heavy atom. The number of amides is 1. The van der Waals surface area contributed by atoms with Gasteiger partial charge in [-0.15, -0.1) is 0 Å². The lowest BCUT2D eigenvalue weighted by Crippen LogP contribution is -2.37. The summed E-state index contributed by atoms with van der Waals surface area (Å²) >= 11 is 0. The largest absolute Gasteiger partial charge is 0.339 e. The van der Waals surface area contributed by atoms with Crippen molar-refractivity contribution in [3.8, 4) is 0 Å². The number of anilines is 1. The number of nitrogens with zero attached hydrogens (tertiary/aromatic N) is 2. The minimum Gasteiger partial charge on any atom is -0.339 e. The van der Waals surface area contributed by atoms with Crippen LogP contribution >= 0.6 is 0 Å². The molecule has 2 aromatic carbocycles. The van der Waals surface area contributed by atoms with E-state index in [4.69, 9.17) is 0 Å². The van der Waals surface area contributed by atoms with Gasteiger partial charge in [0.2, 0.25) is 0 Å². The number of hydrogen-bond acceptors (Lipinski definition) is 3. The minimum atomic E-state index is -3.75.